The maximum Gasteiger partial charge on any atom is 0.200 e. The average molecular weight is 379 g/mol. The van der Waals surface area contributed by atoms with Crippen LogP contribution in [0.3, 0.4) is 0 Å². The molecule has 0 aliphatic carbocycles. The maximum atomic E-state index is 6.32. The van der Waals surface area contributed by atoms with Crippen molar-refractivity contribution in [1.29, 1.82) is 0 Å². The molecule has 3 heterocycles. The Morgan fingerprint density at radius 1 is 1.04 bits per heavy atom. The van der Waals surface area contributed by atoms with E-state index < -0.39 is 0 Å². The monoisotopic (exact) mass is 378 g/mol. The molecule has 2 saturated heterocycles. The van der Waals surface area contributed by atoms with Crippen molar-refractivity contribution in [2.45, 2.75) is 43.2 Å². The lowest BCUT2D eigenvalue weighted by molar-refractivity contribution is 0.124. The number of nitrogens with zero attached hydrogens (tertiary/aromatic N) is 2. The van der Waals surface area contributed by atoms with Crippen LogP contribution in [0.2, 0.25) is 5.02 Å². The number of hydrogen-bond acceptors (Lipinski definition) is 3. The highest BCUT2D eigenvalue weighted by molar-refractivity contribution is 6.30. The predicted octanol–water partition coefficient (Wildman–Crippen LogP) is 5.73. The second-order valence-electron chi connectivity index (χ2n) is 7.81. The van der Waals surface area contributed by atoms with Crippen LogP contribution in [0.25, 0.3) is 11.3 Å². The fourth-order valence-electron chi connectivity index (χ4n) is 5.03. The second kappa shape index (κ2) is 6.81. The summed E-state index contributed by atoms with van der Waals surface area (Å²) in [5.41, 5.74) is 2.42. The minimum atomic E-state index is 0.271. The zero-order valence-corrected chi connectivity index (χ0v) is 16.1. The van der Waals surface area contributed by atoms with E-state index in [4.69, 9.17) is 21.0 Å². The molecule has 0 amide bonds. The van der Waals surface area contributed by atoms with Crippen molar-refractivity contribution in [3.8, 4) is 11.3 Å². The molecule has 5 rings (SSSR count). The standard InChI is InChI=1S/C23H23ClN2O/c1-26-18-11-12-20(26)22(19(13-18)15-7-9-17(24)10-8-15)23-25-14-21(27-23)16-5-3-2-4-6-16/h2-10,14,18-20,22H,11-13H2,1H3/t18-,19+,20+,22-/m0/s1. The van der Waals surface area contributed by atoms with E-state index in [2.05, 4.69) is 36.2 Å². The van der Waals surface area contributed by atoms with Gasteiger partial charge < -0.3 is 4.42 Å². The van der Waals surface area contributed by atoms with Gasteiger partial charge in [0.15, 0.2) is 11.7 Å². The first-order chi connectivity index (χ1) is 13.2. The normalized spacial score (nSPS) is 27.8. The van der Waals surface area contributed by atoms with Gasteiger partial charge in [0.1, 0.15) is 0 Å². The van der Waals surface area contributed by atoms with Crippen LogP contribution in [-0.2, 0) is 0 Å². The van der Waals surface area contributed by atoms with Crippen molar-refractivity contribution < 1.29 is 4.42 Å². The first-order valence-corrected chi connectivity index (χ1v) is 10.1. The molecule has 2 fully saturated rings. The van der Waals surface area contributed by atoms with Crippen LogP contribution in [0, 0.1) is 0 Å². The third-order valence-corrected chi connectivity index (χ3v) is 6.69. The quantitative estimate of drug-likeness (QED) is 0.582. The minimum Gasteiger partial charge on any atom is -0.440 e. The summed E-state index contributed by atoms with van der Waals surface area (Å²) < 4.78 is 6.32. The first kappa shape index (κ1) is 17.0. The number of oxazole rings is 1. The van der Waals surface area contributed by atoms with E-state index in [9.17, 15) is 0 Å². The fraction of sp³-hybridized carbons (Fsp3) is 0.348. The number of fused-ring (bicyclic) bond motifs is 2. The van der Waals surface area contributed by atoms with Gasteiger partial charge in [0.2, 0.25) is 0 Å². The van der Waals surface area contributed by atoms with Gasteiger partial charge in [0.25, 0.3) is 0 Å². The predicted molar refractivity (Wildman–Crippen MR) is 108 cm³/mol. The molecule has 0 radical (unpaired) electrons. The Labute approximate surface area is 165 Å². The third kappa shape index (κ3) is 2.99. The Kier molecular flexibility index (Phi) is 4.30. The molecule has 0 spiro atoms. The van der Waals surface area contributed by atoms with Crippen molar-refractivity contribution >= 4 is 11.6 Å². The number of piperidine rings is 1. The van der Waals surface area contributed by atoms with E-state index in [1.165, 1.54) is 18.4 Å². The Hall–Kier alpha value is -2.10. The molecule has 27 heavy (non-hydrogen) atoms. The summed E-state index contributed by atoms with van der Waals surface area (Å²) in [4.78, 5) is 7.29. The number of halogens is 1. The van der Waals surface area contributed by atoms with Crippen LogP contribution in [0.15, 0.2) is 65.2 Å². The summed E-state index contributed by atoms with van der Waals surface area (Å²) >= 11 is 6.13. The van der Waals surface area contributed by atoms with Crippen molar-refractivity contribution in [2.24, 2.45) is 0 Å². The molecular formula is C23H23ClN2O. The minimum absolute atomic E-state index is 0.271. The average Bonchev–Trinajstić information content (AvgIpc) is 3.26. The molecule has 0 N–H and O–H groups in total. The van der Waals surface area contributed by atoms with E-state index in [0.717, 1.165) is 28.7 Å². The summed E-state index contributed by atoms with van der Waals surface area (Å²) in [5.74, 6) is 2.40. The van der Waals surface area contributed by atoms with E-state index in [0.29, 0.717) is 18.0 Å². The van der Waals surface area contributed by atoms with Gasteiger partial charge >= 0.3 is 0 Å². The van der Waals surface area contributed by atoms with Gasteiger partial charge in [0.05, 0.1) is 12.1 Å². The molecule has 3 nitrogen and oxygen atoms in total. The fourth-order valence-corrected chi connectivity index (χ4v) is 5.16. The lowest BCUT2D eigenvalue weighted by Gasteiger charge is -2.41. The summed E-state index contributed by atoms with van der Waals surface area (Å²) in [6.45, 7) is 0. The molecule has 3 aromatic rings. The van der Waals surface area contributed by atoms with Crippen molar-refractivity contribution in [3.05, 3.63) is 77.3 Å². The molecule has 2 bridgehead atoms. The highest BCUT2D eigenvalue weighted by atomic mass is 35.5. The third-order valence-electron chi connectivity index (χ3n) is 6.43. The molecule has 138 valence electrons. The zero-order valence-electron chi connectivity index (χ0n) is 15.4. The Bertz CT molecular complexity index is 921. The number of hydrogen-bond donors (Lipinski definition) is 0. The molecule has 4 heteroatoms. The number of rotatable bonds is 3. The summed E-state index contributed by atoms with van der Waals surface area (Å²) in [5, 5.41) is 0.786. The first-order valence-electron chi connectivity index (χ1n) is 9.69. The van der Waals surface area contributed by atoms with Crippen LogP contribution in [-0.4, -0.2) is 29.0 Å². The lowest BCUT2D eigenvalue weighted by atomic mass is 9.76. The van der Waals surface area contributed by atoms with E-state index in [1.807, 2.05) is 36.5 Å². The van der Waals surface area contributed by atoms with Crippen molar-refractivity contribution in [2.75, 3.05) is 7.05 Å². The molecule has 1 aromatic heterocycles. The van der Waals surface area contributed by atoms with E-state index in [-0.39, 0.29) is 5.92 Å². The van der Waals surface area contributed by atoms with Gasteiger partial charge in [-0.25, -0.2) is 4.98 Å². The lowest BCUT2D eigenvalue weighted by Crippen LogP contribution is -2.44. The second-order valence-corrected chi connectivity index (χ2v) is 8.25. The van der Waals surface area contributed by atoms with Crippen LogP contribution in [0.5, 0.6) is 0 Å². The number of likely N-dealkylation sites (N-methyl/N-ethyl adjacent to an activating group) is 1. The van der Waals surface area contributed by atoms with Crippen LogP contribution in [0.4, 0.5) is 0 Å². The molecular weight excluding hydrogens is 356 g/mol. The van der Waals surface area contributed by atoms with Crippen LogP contribution < -0.4 is 0 Å². The number of benzene rings is 2. The SMILES string of the molecule is CN1[C@H]2CC[C@@H]1[C@@H](c1ncc(-c3ccccc3)o1)[C@@H](c1ccc(Cl)cc1)C2. The Balaban J connectivity index is 1.54. The summed E-state index contributed by atoms with van der Waals surface area (Å²) in [6.07, 6.45) is 5.49. The molecule has 2 aliphatic rings. The van der Waals surface area contributed by atoms with Crippen molar-refractivity contribution in [1.82, 2.24) is 9.88 Å². The van der Waals surface area contributed by atoms with E-state index >= 15 is 0 Å². The van der Waals surface area contributed by atoms with Gasteiger partial charge in [-0.05, 0) is 49.9 Å². The number of aromatic nitrogens is 1. The van der Waals surface area contributed by atoms with Gasteiger partial charge in [-0.3, -0.25) is 4.90 Å². The topological polar surface area (TPSA) is 29.3 Å². The van der Waals surface area contributed by atoms with Gasteiger partial charge in [0, 0.05) is 22.7 Å². The highest BCUT2D eigenvalue weighted by Gasteiger charge is 2.48. The molecule has 0 unspecified atom stereocenters. The molecule has 4 atom stereocenters. The Morgan fingerprint density at radius 3 is 2.59 bits per heavy atom. The van der Waals surface area contributed by atoms with E-state index in [1.54, 1.807) is 0 Å². The van der Waals surface area contributed by atoms with Gasteiger partial charge in [-0.1, -0.05) is 54.1 Å². The zero-order chi connectivity index (χ0) is 18.4. The van der Waals surface area contributed by atoms with Gasteiger partial charge in [-0.15, -0.1) is 0 Å². The summed E-state index contributed by atoms with van der Waals surface area (Å²) in [7, 11) is 2.26. The highest BCUT2D eigenvalue weighted by Crippen LogP contribution is 2.51. The smallest absolute Gasteiger partial charge is 0.200 e. The molecule has 0 saturated carbocycles. The molecule has 2 aliphatic heterocycles. The largest absolute Gasteiger partial charge is 0.440 e. The van der Waals surface area contributed by atoms with Gasteiger partial charge in [-0.2, -0.15) is 0 Å². The van der Waals surface area contributed by atoms with Crippen LogP contribution in [0.1, 0.15) is 42.6 Å². The van der Waals surface area contributed by atoms with Crippen LogP contribution >= 0.6 is 11.6 Å². The maximum absolute atomic E-state index is 6.32. The summed E-state index contributed by atoms with van der Waals surface area (Å²) in [6, 6.07) is 19.7. The molecule has 2 aromatic carbocycles. The van der Waals surface area contributed by atoms with Crippen molar-refractivity contribution in [3.63, 3.8) is 0 Å². The Morgan fingerprint density at radius 2 is 1.81 bits per heavy atom.